The van der Waals surface area contributed by atoms with Crippen LogP contribution >= 0.6 is 11.6 Å². The van der Waals surface area contributed by atoms with Crippen LogP contribution in [-0.2, 0) is 13.2 Å². The zero-order chi connectivity index (χ0) is 17.0. The molecule has 0 atom stereocenters. The van der Waals surface area contributed by atoms with E-state index in [-0.39, 0.29) is 6.61 Å². The van der Waals surface area contributed by atoms with Gasteiger partial charge in [0.25, 0.3) is 0 Å². The SMILES string of the molecule is OCCNCCCNCc1cccc(OCc2ccc(Cl)cc2)c1. The fourth-order valence-electron chi connectivity index (χ4n) is 2.27. The van der Waals surface area contributed by atoms with Gasteiger partial charge in [-0.2, -0.15) is 0 Å². The van der Waals surface area contributed by atoms with Crippen molar-refractivity contribution in [2.24, 2.45) is 0 Å². The Kier molecular flexibility index (Phi) is 8.63. The van der Waals surface area contributed by atoms with E-state index >= 15 is 0 Å². The van der Waals surface area contributed by atoms with E-state index < -0.39 is 0 Å². The van der Waals surface area contributed by atoms with Crippen molar-refractivity contribution in [2.45, 2.75) is 19.6 Å². The van der Waals surface area contributed by atoms with E-state index in [0.29, 0.717) is 13.2 Å². The lowest BCUT2D eigenvalue weighted by molar-refractivity contribution is 0.292. The van der Waals surface area contributed by atoms with E-state index in [1.807, 2.05) is 36.4 Å². The summed E-state index contributed by atoms with van der Waals surface area (Å²) in [5.74, 6) is 0.869. The molecule has 0 amide bonds. The van der Waals surface area contributed by atoms with Crippen LogP contribution in [0.2, 0.25) is 5.02 Å². The molecule has 0 heterocycles. The second kappa shape index (κ2) is 11.0. The molecule has 130 valence electrons. The van der Waals surface area contributed by atoms with Gasteiger partial charge in [0.1, 0.15) is 12.4 Å². The van der Waals surface area contributed by atoms with Gasteiger partial charge in [0.05, 0.1) is 6.61 Å². The van der Waals surface area contributed by atoms with E-state index in [1.54, 1.807) is 0 Å². The van der Waals surface area contributed by atoms with Crippen LogP contribution in [0.15, 0.2) is 48.5 Å². The van der Waals surface area contributed by atoms with E-state index in [4.69, 9.17) is 21.4 Å². The third-order valence-electron chi connectivity index (χ3n) is 3.54. The normalized spacial score (nSPS) is 10.8. The van der Waals surface area contributed by atoms with Crippen LogP contribution in [0.25, 0.3) is 0 Å². The first kappa shape index (κ1) is 18.7. The maximum atomic E-state index is 8.68. The highest BCUT2D eigenvalue weighted by Crippen LogP contribution is 2.16. The van der Waals surface area contributed by atoms with Crippen molar-refractivity contribution in [1.82, 2.24) is 10.6 Å². The molecule has 0 bridgehead atoms. The van der Waals surface area contributed by atoms with E-state index in [1.165, 1.54) is 5.56 Å². The molecule has 0 spiro atoms. The Morgan fingerprint density at radius 1 is 0.917 bits per heavy atom. The molecule has 0 unspecified atom stereocenters. The zero-order valence-corrected chi connectivity index (χ0v) is 14.6. The van der Waals surface area contributed by atoms with Crippen molar-refractivity contribution in [2.75, 3.05) is 26.2 Å². The van der Waals surface area contributed by atoms with Gasteiger partial charge in [-0.1, -0.05) is 35.9 Å². The van der Waals surface area contributed by atoms with Crippen LogP contribution in [0, 0.1) is 0 Å². The maximum absolute atomic E-state index is 8.68. The molecule has 2 aromatic rings. The quantitative estimate of drug-likeness (QED) is 0.546. The Morgan fingerprint density at radius 3 is 2.50 bits per heavy atom. The van der Waals surface area contributed by atoms with Crippen LogP contribution < -0.4 is 15.4 Å². The van der Waals surface area contributed by atoms with Crippen molar-refractivity contribution in [3.05, 3.63) is 64.7 Å². The van der Waals surface area contributed by atoms with Crippen LogP contribution in [0.5, 0.6) is 5.75 Å². The minimum Gasteiger partial charge on any atom is -0.489 e. The van der Waals surface area contributed by atoms with E-state index in [2.05, 4.69) is 22.8 Å². The van der Waals surface area contributed by atoms with Crippen molar-refractivity contribution in [1.29, 1.82) is 0 Å². The summed E-state index contributed by atoms with van der Waals surface area (Å²) in [5.41, 5.74) is 2.30. The fraction of sp³-hybridized carbons (Fsp3) is 0.368. The molecule has 0 saturated heterocycles. The zero-order valence-electron chi connectivity index (χ0n) is 13.8. The lowest BCUT2D eigenvalue weighted by atomic mass is 10.2. The number of hydrogen-bond acceptors (Lipinski definition) is 4. The first-order valence-corrected chi connectivity index (χ1v) is 8.64. The standard InChI is InChI=1S/C19H25ClN2O2/c20-18-7-5-16(6-8-18)15-24-19-4-1-3-17(13-19)14-22-10-2-9-21-11-12-23/h1,3-8,13,21-23H,2,9-12,14-15H2. The maximum Gasteiger partial charge on any atom is 0.120 e. The Bertz CT molecular complexity index is 590. The smallest absolute Gasteiger partial charge is 0.120 e. The largest absolute Gasteiger partial charge is 0.489 e. The molecule has 2 aromatic carbocycles. The summed E-state index contributed by atoms with van der Waals surface area (Å²) in [4.78, 5) is 0. The van der Waals surface area contributed by atoms with Gasteiger partial charge in [-0.05, 0) is 54.9 Å². The highest BCUT2D eigenvalue weighted by atomic mass is 35.5. The van der Waals surface area contributed by atoms with Crippen LogP contribution in [0.1, 0.15) is 17.5 Å². The number of rotatable bonds is 11. The monoisotopic (exact) mass is 348 g/mol. The van der Waals surface area contributed by atoms with Gasteiger partial charge < -0.3 is 20.5 Å². The average molecular weight is 349 g/mol. The van der Waals surface area contributed by atoms with Crippen molar-refractivity contribution < 1.29 is 9.84 Å². The van der Waals surface area contributed by atoms with E-state index in [9.17, 15) is 0 Å². The summed E-state index contributed by atoms with van der Waals surface area (Å²) >= 11 is 5.88. The minimum absolute atomic E-state index is 0.191. The van der Waals surface area contributed by atoms with Gasteiger partial charge in [0.15, 0.2) is 0 Å². The molecular formula is C19H25ClN2O2. The summed E-state index contributed by atoms with van der Waals surface area (Å²) in [5, 5.41) is 16.0. The summed E-state index contributed by atoms with van der Waals surface area (Å²) in [6.45, 7) is 4.05. The predicted octanol–water partition coefficient (Wildman–Crippen LogP) is 2.98. The van der Waals surface area contributed by atoms with E-state index in [0.717, 1.165) is 42.4 Å². The van der Waals surface area contributed by atoms with Gasteiger partial charge >= 0.3 is 0 Å². The molecule has 0 saturated carbocycles. The molecule has 2 rings (SSSR count). The average Bonchev–Trinajstić information content (AvgIpc) is 2.61. The molecule has 5 heteroatoms. The number of benzene rings is 2. The topological polar surface area (TPSA) is 53.5 Å². The minimum atomic E-state index is 0.191. The van der Waals surface area contributed by atoms with Crippen molar-refractivity contribution >= 4 is 11.6 Å². The molecule has 24 heavy (non-hydrogen) atoms. The molecule has 0 aliphatic rings. The summed E-state index contributed by atoms with van der Waals surface area (Å²) in [7, 11) is 0. The third-order valence-corrected chi connectivity index (χ3v) is 3.79. The highest BCUT2D eigenvalue weighted by molar-refractivity contribution is 6.30. The fourth-order valence-corrected chi connectivity index (χ4v) is 2.39. The van der Waals surface area contributed by atoms with Gasteiger partial charge in [0, 0.05) is 18.1 Å². The predicted molar refractivity (Wildman–Crippen MR) is 98.5 cm³/mol. The molecule has 0 aliphatic carbocycles. The third kappa shape index (κ3) is 7.32. The van der Waals surface area contributed by atoms with Gasteiger partial charge in [0.2, 0.25) is 0 Å². The molecular weight excluding hydrogens is 324 g/mol. The van der Waals surface area contributed by atoms with Gasteiger partial charge in [-0.25, -0.2) is 0 Å². The Hall–Kier alpha value is -1.59. The summed E-state index contributed by atoms with van der Waals surface area (Å²) in [6, 6.07) is 15.8. The molecule has 0 aromatic heterocycles. The second-order valence-electron chi connectivity index (χ2n) is 5.57. The van der Waals surface area contributed by atoms with Crippen LogP contribution in [-0.4, -0.2) is 31.3 Å². The van der Waals surface area contributed by atoms with Crippen LogP contribution in [0.4, 0.5) is 0 Å². The summed E-state index contributed by atoms with van der Waals surface area (Å²) < 4.78 is 5.84. The number of halogens is 1. The highest BCUT2D eigenvalue weighted by Gasteiger charge is 1.99. The number of aliphatic hydroxyl groups excluding tert-OH is 1. The number of nitrogens with one attached hydrogen (secondary N) is 2. The first-order valence-electron chi connectivity index (χ1n) is 8.26. The van der Waals surface area contributed by atoms with Gasteiger partial charge in [-0.3, -0.25) is 0 Å². The number of ether oxygens (including phenoxy) is 1. The molecule has 4 nitrogen and oxygen atoms in total. The van der Waals surface area contributed by atoms with Crippen LogP contribution in [0.3, 0.4) is 0 Å². The molecule has 0 aliphatic heterocycles. The molecule has 3 N–H and O–H groups in total. The first-order chi connectivity index (χ1) is 11.8. The summed E-state index contributed by atoms with van der Waals surface area (Å²) in [6.07, 6.45) is 1.03. The molecule has 0 fully saturated rings. The van der Waals surface area contributed by atoms with Crippen molar-refractivity contribution in [3.8, 4) is 5.75 Å². The van der Waals surface area contributed by atoms with Gasteiger partial charge in [-0.15, -0.1) is 0 Å². The second-order valence-corrected chi connectivity index (χ2v) is 6.00. The Balaban J connectivity index is 1.70. The Morgan fingerprint density at radius 2 is 1.71 bits per heavy atom. The Labute approximate surface area is 148 Å². The lowest BCUT2D eigenvalue weighted by Gasteiger charge is -2.09. The number of aliphatic hydroxyl groups is 1. The lowest BCUT2D eigenvalue weighted by Crippen LogP contribution is -2.23. The molecule has 0 radical (unpaired) electrons. The van der Waals surface area contributed by atoms with Crippen molar-refractivity contribution in [3.63, 3.8) is 0 Å². The number of hydrogen-bond donors (Lipinski definition) is 3.